The quantitative estimate of drug-likeness (QED) is 0.844. The van der Waals surface area contributed by atoms with Gasteiger partial charge in [0.1, 0.15) is 5.75 Å². The minimum Gasteiger partial charge on any atom is -0.497 e. The standard InChI is InChI=1S/C17H22N2O3/c1-11(20)19-16(12-5-7-13(21-4)8-6-12)14-10-22-17(2,3)9-15(14)18-19/h5-8,14,16H,9-10H2,1-4H3/t14-,16+/m0/s1. The van der Waals surface area contributed by atoms with Crippen LogP contribution in [0.25, 0.3) is 0 Å². The van der Waals surface area contributed by atoms with E-state index in [1.54, 1.807) is 19.0 Å². The van der Waals surface area contributed by atoms with Gasteiger partial charge in [0.2, 0.25) is 5.91 Å². The molecule has 1 aromatic carbocycles. The highest BCUT2D eigenvalue weighted by Gasteiger charge is 2.45. The Morgan fingerprint density at radius 2 is 2.05 bits per heavy atom. The van der Waals surface area contributed by atoms with Crippen LogP contribution in [-0.2, 0) is 9.53 Å². The lowest BCUT2D eigenvalue weighted by atomic mass is 9.83. The van der Waals surface area contributed by atoms with Crippen molar-refractivity contribution in [3.8, 4) is 5.75 Å². The Bertz CT molecular complexity index is 607. The van der Waals surface area contributed by atoms with E-state index >= 15 is 0 Å². The van der Waals surface area contributed by atoms with E-state index in [1.165, 1.54) is 0 Å². The van der Waals surface area contributed by atoms with Crippen molar-refractivity contribution in [3.63, 3.8) is 0 Å². The van der Waals surface area contributed by atoms with Crippen LogP contribution in [0, 0.1) is 5.92 Å². The van der Waals surface area contributed by atoms with Crippen LogP contribution in [0.5, 0.6) is 5.75 Å². The molecule has 1 saturated heterocycles. The maximum atomic E-state index is 12.0. The van der Waals surface area contributed by atoms with Crippen LogP contribution in [0.4, 0.5) is 0 Å². The van der Waals surface area contributed by atoms with Crippen LogP contribution in [-0.4, -0.2) is 35.9 Å². The third-order valence-electron chi connectivity index (χ3n) is 4.35. The predicted octanol–water partition coefficient (Wildman–Crippen LogP) is 2.77. The van der Waals surface area contributed by atoms with Gasteiger partial charge in [-0.25, -0.2) is 5.01 Å². The average molecular weight is 302 g/mol. The van der Waals surface area contributed by atoms with Gasteiger partial charge >= 0.3 is 0 Å². The Balaban J connectivity index is 1.93. The molecule has 0 N–H and O–H groups in total. The first-order valence-corrected chi connectivity index (χ1v) is 7.56. The molecular formula is C17H22N2O3. The molecule has 0 unspecified atom stereocenters. The molecule has 0 aromatic heterocycles. The van der Waals surface area contributed by atoms with Gasteiger partial charge in [0.25, 0.3) is 0 Å². The van der Waals surface area contributed by atoms with Crippen molar-refractivity contribution in [1.29, 1.82) is 0 Å². The molecule has 118 valence electrons. The summed E-state index contributed by atoms with van der Waals surface area (Å²) in [6.45, 7) is 6.27. The number of methoxy groups -OCH3 is 1. The molecule has 5 nitrogen and oxygen atoms in total. The Hall–Kier alpha value is -1.88. The third kappa shape index (κ3) is 2.61. The van der Waals surface area contributed by atoms with Gasteiger partial charge < -0.3 is 9.47 Å². The van der Waals surface area contributed by atoms with Crippen LogP contribution < -0.4 is 4.74 Å². The molecule has 1 aromatic rings. The molecule has 0 radical (unpaired) electrons. The SMILES string of the molecule is COc1ccc([C@@H]2[C@H]3COC(C)(C)CC3=NN2C(C)=O)cc1. The minimum absolute atomic E-state index is 0.0412. The van der Waals surface area contributed by atoms with Crippen LogP contribution in [0.1, 0.15) is 38.8 Å². The van der Waals surface area contributed by atoms with Gasteiger partial charge in [0.05, 0.1) is 25.4 Å². The van der Waals surface area contributed by atoms with E-state index in [1.807, 2.05) is 24.3 Å². The molecule has 2 atom stereocenters. The fourth-order valence-electron chi connectivity index (χ4n) is 3.22. The lowest BCUT2D eigenvalue weighted by molar-refractivity contribution is -0.131. The predicted molar refractivity (Wildman–Crippen MR) is 83.8 cm³/mol. The van der Waals surface area contributed by atoms with Gasteiger partial charge in [-0.1, -0.05) is 12.1 Å². The number of carbonyl (C=O) groups is 1. The highest BCUT2D eigenvalue weighted by molar-refractivity contribution is 5.93. The molecular weight excluding hydrogens is 280 g/mol. The van der Waals surface area contributed by atoms with E-state index in [9.17, 15) is 4.79 Å². The lowest BCUT2D eigenvalue weighted by Gasteiger charge is -2.35. The molecule has 22 heavy (non-hydrogen) atoms. The topological polar surface area (TPSA) is 51.1 Å². The summed E-state index contributed by atoms with van der Waals surface area (Å²) in [5.41, 5.74) is 1.90. The van der Waals surface area contributed by atoms with E-state index < -0.39 is 0 Å². The number of ether oxygens (including phenoxy) is 2. The van der Waals surface area contributed by atoms with Crippen molar-refractivity contribution in [1.82, 2.24) is 5.01 Å². The summed E-state index contributed by atoms with van der Waals surface area (Å²) in [5, 5.41) is 6.20. The fraction of sp³-hybridized carbons (Fsp3) is 0.529. The van der Waals surface area contributed by atoms with Crippen molar-refractivity contribution >= 4 is 11.6 Å². The molecule has 5 heteroatoms. The van der Waals surface area contributed by atoms with Crippen LogP contribution >= 0.6 is 0 Å². The van der Waals surface area contributed by atoms with E-state index in [2.05, 4.69) is 18.9 Å². The van der Waals surface area contributed by atoms with Gasteiger partial charge in [-0.2, -0.15) is 5.10 Å². The Morgan fingerprint density at radius 3 is 2.64 bits per heavy atom. The number of rotatable bonds is 2. The van der Waals surface area contributed by atoms with E-state index in [0.717, 1.165) is 23.4 Å². The van der Waals surface area contributed by atoms with Crippen LogP contribution in [0.3, 0.4) is 0 Å². The molecule has 2 heterocycles. The highest BCUT2D eigenvalue weighted by atomic mass is 16.5. The average Bonchev–Trinajstić information content (AvgIpc) is 2.84. The molecule has 0 spiro atoms. The number of hydrazone groups is 1. The zero-order chi connectivity index (χ0) is 15.9. The summed E-state index contributed by atoms with van der Waals surface area (Å²) in [5.74, 6) is 0.893. The fourth-order valence-corrected chi connectivity index (χ4v) is 3.22. The van der Waals surface area contributed by atoms with E-state index in [0.29, 0.717) is 6.61 Å². The smallest absolute Gasteiger partial charge is 0.240 e. The third-order valence-corrected chi connectivity index (χ3v) is 4.35. The number of amides is 1. The van der Waals surface area contributed by atoms with Crippen LogP contribution in [0.2, 0.25) is 0 Å². The summed E-state index contributed by atoms with van der Waals surface area (Å²) in [6.07, 6.45) is 0.758. The largest absolute Gasteiger partial charge is 0.497 e. The monoisotopic (exact) mass is 302 g/mol. The highest BCUT2D eigenvalue weighted by Crippen LogP contribution is 2.42. The second-order valence-electron chi connectivity index (χ2n) is 6.53. The lowest BCUT2D eigenvalue weighted by Crippen LogP contribution is -2.41. The summed E-state index contributed by atoms with van der Waals surface area (Å²) in [4.78, 5) is 12.0. The van der Waals surface area contributed by atoms with Crippen molar-refractivity contribution in [3.05, 3.63) is 29.8 Å². The molecule has 0 aliphatic carbocycles. The van der Waals surface area contributed by atoms with Crippen molar-refractivity contribution in [2.45, 2.75) is 38.8 Å². The maximum Gasteiger partial charge on any atom is 0.240 e. The number of fused-ring (bicyclic) bond motifs is 1. The minimum atomic E-state index is -0.216. The number of hydrogen-bond donors (Lipinski definition) is 0. The van der Waals surface area contributed by atoms with Crippen molar-refractivity contribution in [2.75, 3.05) is 13.7 Å². The van der Waals surface area contributed by atoms with Gasteiger partial charge in [-0.3, -0.25) is 4.79 Å². The molecule has 1 amide bonds. The van der Waals surface area contributed by atoms with Gasteiger partial charge in [0.15, 0.2) is 0 Å². The Labute approximate surface area is 130 Å². The Morgan fingerprint density at radius 1 is 1.36 bits per heavy atom. The number of hydrogen-bond acceptors (Lipinski definition) is 4. The molecule has 0 bridgehead atoms. The van der Waals surface area contributed by atoms with Gasteiger partial charge in [0, 0.05) is 25.0 Å². The summed E-state index contributed by atoms with van der Waals surface area (Å²) in [7, 11) is 1.64. The molecule has 0 saturated carbocycles. The second kappa shape index (κ2) is 5.39. The molecule has 3 rings (SSSR count). The molecule has 1 fully saturated rings. The normalized spacial score (nSPS) is 26.4. The van der Waals surface area contributed by atoms with Crippen molar-refractivity contribution < 1.29 is 14.3 Å². The first-order chi connectivity index (χ1) is 10.4. The summed E-state index contributed by atoms with van der Waals surface area (Å²) >= 11 is 0. The zero-order valence-electron chi connectivity index (χ0n) is 13.5. The van der Waals surface area contributed by atoms with Crippen LogP contribution in [0.15, 0.2) is 29.4 Å². The van der Waals surface area contributed by atoms with E-state index in [-0.39, 0.29) is 23.5 Å². The number of benzene rings is 1. The van der Waals surface area contributed by atoms with Crippen molar-refractivity contribution in [2.24, 2.45) is 11.0 Å². The summed E-state index contributed by atoms with van der Waals surface area (Å²) < 4.78 is 11.2. The van der Waals surface area contributed by atoms with Gasteiger partial charge in [-0.15, -0.1) is 0 Å². The first-order valence-electron chi connectivity index (χ1n) is 7.56. The summed E-state index contributed by atoms with van der Waals surface area (Å²) in [6, 6.07) is 7.74. The second-order valence-corrected chi connectivity index (χ2v) is 6.53. The first kappa shape index (κ1) is 15.0. The zero-order valence-corrected chi connectivity index (χ0v) is 13.5. The number of carbonyl (C=O) groups excluding carboxylic acids is 1. The Kier molecular flexibility index (Phi) is 3.68. The van der Waals surface area contributed by atoms with Gasteiger partial charge in [-0.05, 0) is 31.5 Å². The number of nitrogens with zero attached hydrogens (tertiary/aromatic N) is 2. The molecule has 2 aliphatic heterocycles. The maximum absolute atomic E-state index is 12.0. The van der Waals surface area contributed by atoms with E-state index in [4.69, 9.17) is 9.47 Å². The molecule has 2 aliphatic rings.